The molecular weight excluding hydrogens is 252 g/mol. The first-order chi connectivity index (χ1) is 9.48. The minimum Gasteiger partial charge on any atom is -0.390 e. The van der Waals surface area contributed by atoms with Gasteiger partial charge in [0.2, 0.25) is 5.91 Å². The van der Waals surface area contributed by atoms with E-state index in [1.165, 1.54) is 0 Å². The topological polar surface area (TPSA) is 66.6 Å². The fraction of sp³-hybridized carbons (Fsp3) is 0.562. The first-order valence-electron chi connectivity index (χ1n) is 7.29. The Kier molecular flexibility index (Phi) is 4.78. The fourth-order valence-corrected chi connectivity index (χ4v) is 2.67. The summed E-state index contributed by atoms with van der Waals surface area (Å²) < 4.78 is 0. The molecule has 1 fully saturated rings. The van der Waals surface area contributed by atoms with Gasteiger partial charge < -0.3 is 15.7 Å². The van der Waals surface area contributed by atoms with Crippen LogP contribution in [0, 0.1) is 0 Å². The summed E-state index contributed by atoms with van der Waals surface area (Å²) in [6.07, 6.45) is 2.75. The van der Waals surface area contributed by atoms with Crippen molar-refractivity contribution in [3.63, 3.8) is 0 Å². The lowest BCUT2D eigenvalue weighted by atomic mass is 9.98. The molecule has 1 aliphatic heterocycles. The molecule has 0 aromatic heterocycles. The molecule has 1 heterocycles. The van der Waals surface area contributed by atoms with Crippen LogP contribution in [0.2, 0.25) is 0 Å². The van der Waals surface area contributed by atoms with Crippen molar-refractivity contribution in [1.29, 1.82) is 0 Å². The zero-order valence-corrected chi connectivity index (χ0v) is 12.1. The van der Waals surface area contributed by atoms with E-state index in [4.69, 9.17) is 5.73 Å². The highest BCUT2D eigenvalue weighted by Crippen LogP contribution is 2.21. The largest absolute Gasteiger partial charge is 0.390 e. The van der Waals surface area contributed by atoms with E-state index in [2.05, 4.69) is 0 Å². The minimum absolute atomic E-state index is 0.00782. The molecule has 1 unspecified atom stereocenters. The molecule has 2 rings (SSSR count). The van der Waals surface area contributed by atoms with Crippen molar-refractivity contribution < 1.29 is 9.90 Å². The van der Waals surface area contributed by atoms with Gasteiger partial charge in [0.1, 0.15) is 0 Å². The van der Waals surface area contributed by atoms with Crippen molar-refractivity contribution in [2.45, 2.75) is 44.2 Å². The van der Waals surface area contributed by atoms with Crippen LogP contribution >= 0.6 is 0 Å². The van der Waals surface area contributed by atoms with Gasteiger partial charge in [-0.3, -0.25) is 4.79 Å². The highest BCUT2D eigenvalue weighted by molar-refractivity contribution is 5.82. The highest BCUT2D eigenvalue weighted by atomic mass is 16.3. The molecule has 0 bridgehead atoms. The standard InChI is InChI=1S/C16H24N2O2/c1-16(20)8-5-10-18(11-9-16)15(19)14(17)12-13-6-3-2-4-7-13/h2-4,6-7,14,20H,5,8-12,17H2,1H3/t14-,16?/m0/s1. The van der Waals surface area contributed by atoms with Crippen molar-refractivity contribution >= 4 is 5.91 Å². The Labute approximate surface area is 120 Å². The molecule has 20 heavy (non-hydrogen) atoms. The Bertz CT molecular complexity index is 445. The molecule has 4 heteroatoms. The maximum Gasteiger partial charge on any atom is 0.239 e. The smallest absolute Gasteiger partial charge is 0.239 e. The number of aliphatic hydroxyl groups is 1. The Hall–Kier alpha value is -1.39. The number of likely N-dealkylation sites (tertiary alicyclic amines) is 1. The van der Waals surface area contributed by atoms with Crippen molar-refractivity contribution in [2.24, 2.45) is 5.73 Å². The average molecular weight is 276 g/mol. The molecule has 110 valence electrons. The van der Waals surface area contributed by atoms with Gasteiger partial charge in [0.25, 0.3) is 0 Å². The number of hydrogen-bond donors (Lipinski definition) is 2. The third-order valence-electron chi connectivity index (χ3n) is 3.99. The van der Waals surface area contributed by atoms with E-state index in [9.17, 15) is 9.90 Å². The van der Waals surface area contributed by atoms with Gasteiger partial charge in [-0.1, -0.05) is 30.3 Å². The number of benzene rings is 1. The summed E-state index contributed by atoms with van der Waals surface area (Å²) >= 11 is 0. The van der Waals surface area contributed by atoms with Gasteiger partial charge >= 0.3 is 0 Å². The molecule has 0 aliphatic carbocycles. The van der Waals surface area contributed by atoms with Crippen molar-refractivity contribution in [3.05, 3.63) is 35.9 Å². The number of rotatable bonds is 3. The van der Waals surface area contributed by atoms with Crippen LogP contribution in [0.1, 0.15) is 31.7 Å². The first kappa shape index (κ1) is 15.0. The predicted octanol–water partition coefficient (Wildman–Crippen LogP) is 1.32. The quantitative estimate of drug-likeness (QED) is 0.875. The molecule has 1 amide bonds. The molecular formula is C16H24N2O2. The van der Waals surface area contributed by atoms with E-state index in [1.807, 2.05) is 37.3 Å². The summed E-state index contributed by atoms with van der Waals surface area (Å²) in [5.74, 6) is -0.00782. The highest BCUT2D eigenvalue weighted by Gasteiger charge is 2.29. The minimum atomic E-state index is -0.654. The SMILES string of the molecule is CC1(O)CCCN(C(=O)[C@@H](N)Cc2ccccc2)CC1. The van der Waals surface area contributed by atoms with Gasteiger partial charge in [-0.05, 0) is 38.2 Å². The van der Waals surface area contributed by atoms with Crippen LogP contribution in [0.3, 0.4) is 0 Å². The van der Waals surface area contributed by atoms with E-state index in [0.717, 1.165) is 18.4 Å². The number of carbonyl (C=O) groups excluding carboxylic acids is 1. The third kappa shape index (κ3) is 4.05. The lowest BCUT2D eigenvalue weighted by molar-refractivity contribution is -0.132. The third-order valence-corrected chi connectivity index (χ3v) is 3.99. The van der Waals surface area contributed by atoms with Gasteiger partial charge in [-0.2, -0.15) is 0 Å². The first-order valence-corrected chi connectivity index (χ1v) is 7.29. The summed E-state index contributed by atoms with van der Waals surface area (Å²) in [5.41, 5.74) is 6.47. The molecule has 0 saturated carbocycles. The lowest BCUT2D eigenvalue weighted by Crippen LogP contribution is -2.45. The lowest BCUT2D eigenvalue weighted by Gasteiger charge is -2.25. The fourth-order valence-electron chi connectivity index (χ4n) is 2.67. The van der Waals surface area contributed by atoms with Gasteiger partial charge in [-0.25, -0.2) is 0 Å². The van der Waals surface area contributed by atoms with Gasteiger partial charge in [0.15, 0.2) is 0 Å². The number of nitrogens with two attached hydrogens (primary N) is 1. The maximum absolute atomic E-state index is 12.4. The molecule has 1 aliphatic rings. The normalized spacial score (nSPS) is 25.1. The Morgan fingerprint density at radius 3 is 2.75 bits per heavy atom. The zero-order chi connectivity index (χ0) is 14.6. The summed E-state index contributed by atoms with van der Waals surface area (Å²) in [6, 6.07) is 9.33. The second kappa shape index (κ2) is 6.37. The van der Waals surface area contributed by atoms with Crippen LogP contribution in [0.5, 0.6) is 0 Å². The van der Waals surface area contributed by atoms with Crippen LogP contribution in [-0.4, -0.2) is 40.6 Å². The Balaban J connectivity index is 1.93. The van der Waals surface area contributed by atoms with Crippen LogP contribution in [-0.2, 0) is 11.2 Å². The Morgan fingerprint density at radius 1 is 1.35 bits per heavy atom. The molecule has 1 aromatic rings. The van der Waals surface area contributed by atoms with E-state index >= 15 is 0 Å². The van der Waals surface area contributed by atoms with Crippen molar-refractivity contribution in [1.82, 2.24) is 4.90 Å². The van der Waals surface area contributed by atoms with Crippen LogP contribution < -0.4 is 5.73 Å². The molecule has 3 N–H and O–H groups in total. The number of nitrogens with zero attached hydrogens (tertiary/aromatic N) is 1. The maximum atomic E-state index is 12.4. The van der Waals surface area contributed by atoms with E-state index in [1.54, 1.807) is 4.90 Å². The zero-order valence-electron chi connectivity index (χ0n) is 12.1. The van der Waals surface area contributed by atoms with E-state index < -0.39 is 11.6 Å². The van der Waals surface area contributed by atoms with Crippen LogP contribution in [0.25, 0.3) is 0 Å². The number of hydrogen-bond acceptors (Lipinski definition) is 3. The average Bonchev–Trinajstić information content (AvgIpc) is 2.60. The molecule has 1 saturated heterocycles. The summed E-state index contributed by atoms with van der Waals surface area (Å²) in [6.45, 7) is 3.12. The molecule has 1 aromatic carbocycles. The second-order valence-corrected chi connectivity index (χ2v) is 5.97. The van der Waals surface area contributed by atoms with Crippen molar-refractivity contribution in [2.75, 3.05) is 13.1 Å². The monoisotopic (exact) mass is 276 g/mol. The number of amides is 1. The predicted molar refractivity (Wildman–Crippen MR) is 79.2 cm³/mol. The van der Waals surface area contributed by atoms with Crippen molar-refractivity contribution in [3.8, 4) is 0 Å². The molecule has 2 atom stereocenters. The van der Waals surface area contributed by atoms with Crippen LogP contribution in [0.4, 0.5) is 0 Å². The summed E-state index contributed by atoms with van der Waals surface area (Å²) in [4.78, 5) is 14.2. The summed E-state index contributed by atoms with van der Waals surface area (Å²) in [7, 11) is 0. The molecule has 0 radical (unpaired) electrons. The van der Waals surface area contributed by atoms with Crippen LogP contribution in [0.15, 0.2) is 30.3 Å². The van der Waals surface area contributed by atoms with E-state index in [-0.39, 0.29) is 5.91 Å². The second-order valence-electron chi connectivity index (χ2n) is 5.97. The molecule has 0 spiro atoms. The van der Waals surface area contributed by atoms with Gasteiger partial charge in [0, 0.05) is 13.1 Å². The van der Waals surface area contributed by atoms with Gasteiger partial charge in [0.05, 0.1) is 11.6 Å². The molecule has 4 nitrogen and oxygen atoms in total. The van der Waals surface area contributed by atoms with E-state index in [0.29, 0.717) is 25.9 Å². The Morgan fingerprint density at radius 2 is 2.05 bits per heavy atom. The summed E-state index contributed by atoms with van der Waals surface area (Å²) in [5, 5.41) is 10.1. The number of carbonyl (C=O) groups is 1. The van der Waals surface area contributed by atoms with Gasteiger partial charge in [-0.15, -0.1) is 0 Å².